The van der Waals surface area contributed by atoms with Gasteiger partial charge < -0.3 is 10.3 Å². The molecule has 5 heterocycles. The number of thiophene rings is 1. The zero-order chi connectivity index (χ0) is 26.3. The minimum atomic E-state index is -0.212. The topological polar surface area (TPSA) is 82.3 Å². The number of hydrogen-bond acceptors (Lipinski definition) is 5. The highest BCUT2D eigenvalue weighted by Gasteiger charge is 2.18. The Hall–Kier alpha value is -4.30. The van der Waals surface area contributed by atoms with Crippen LogP contribution in [0.1, 0.15) is 32.1 Å². The number of rotatable bonds is 6. The molecule has 1 aliphatic carbocycles. The van der Waals surface area contributed by atoms with Crippen LogP contribution in [0.2, 0.25) is 0 Å². The Morgan fingerprint density at radius 1 is 0.897 bits per heavy atom. The Bertz CT molecular complexity index is 1820. The highest BCUT2D eigenvalue weighted by molar-refractivity contribution is 7.14. The fraction of sp³-hybridized carbons (Fsp3) is 0.194. The van der Waals surface area contributed by atoms with E-state index in [0.29, 0.717) is 5.92 Å². The maximum absolute atomic E-state index is 13.7. The van der Waals surface area contributed by atoms with Crippen molar-refractivity contribution in [2.75, 3.05) is 5.32 Å². The van der Waals surface area contributed by atoms with Gasteiger partial charge in [0.25, 0.3) is 0 Å². The van der Waals surface area contributed by atoms with Crippen LogP contribution in [0.3, 0.4) is 0 Å². The molecule has 1 fully saturated rings. The smallest absolute Gasteiger partial charge is 0.176 e. The highest BCUT2D eigenvalue weighted by atomic mass is 32.1. The van der Waals surface area contributed by atoms with E-state index in [9.17, 15) is 4.39 Å². The summed E-state index contributed by atoms with van der Waals surface area (Å²) in [5.41, 5.74) is 8.52. The van der Waals surface area contributed by atoms with Crippen LogP contribution in [0, 0.1) is 11.0 Å². The van der Waals surface area contributed by atoms with Gasteiger partial charge in [-0.3, -0.25) is 15.1 Å². The third-order valence-electron chi connectivity index (χ3n) is 7.68. The molecule has 0 amide bonds. The van der Waals surface area contributed by atoms with E-state index in [1.54, 1.807) is 18.5 Å². The number of nitrogens with zero attached hydrogens (tertiary/aromatic N) is 3. The van der Waals surface area contributed by atoms with Crippen molar-refractivity contribution in [3.63, 3.8) is 0 Å². The van der Waals surface area contributed by atoms with E-state index in [2.05, 4.69) is 61.3 Å². The van der Waals surface area contributed by atoms with E-state index >= 15 is 0 Å². The highest BCUT2D eigenvalue weighted by Crippen LogP contribution is 2.37. The number of hydrogen-bond donors (Lipinski definition) is 3. The molecule has 5 aromatic heterocycles. The fourth-order valence-electron chi connectivity index (χ4n) is 5.64. The van der Waals surface area contributed by atoms with Crippen LogP contribution >= 0.6 is 11.3 Å². The monoisotopic (exact) mass is 534 g/mol. The Balaban J connectivity index is 1.22. The molecule has 1 aromatic carbocycles. The summed E-state index contributed by atoms with van der Waals surface area (Å²) in [6.45, 7) is 4.32. The van der Waals surface area contributed by atoms with Crippen molar-refractivity contribution in [3.05, 3.63) is 84.7 Å². The first-order valence-electron chi connectivity index (χ1n) is 13.2. The molecule has 7 rings (SSSR count). The molecule has 0 unspecified atom stereocenters. The molecule has 194 valence electrons. The van der Waals surface area contributed by atoms with Crippen LogP contribution in [0.25, 0.3) is 54.8 Å². The third kappa shape index (κ3) is 4.51. The first-order chi connectivity index (χ1) is 19.1. The summed E-state index contributed by atoms with van der Waals surface area (Å²) in [4.78, 5) is 13.2. The second-order valence-electron chi connectivity index (χ2n) is 10.2. The molecular weight excluding hydrogens is 507 g/mol. The number of aromatic nitrogens is 5. The molecular formula is C31H27FN6S. The summed E-state index contributed by atoms with van der Waals surface area (Å²) in [5, 5.41) is 13.1. The molecule has 3 N–H and O–H groups in total. The average Bonchev–Trinajstić information content (AvgIpc) is 3.71. The molecule has 0 saturated heterocycles. The van der Waals surface area contributed by atoms with Crippen molar-refractivity contribution in [3.8, 4) is 33.0 Å². The summed E-state index contributed by atoms with van der Waals surface area (Å²) in [5.74, 6) is 0.526. The number of allylic oxidation sites excluding steroid dienone is 1. The second-order valence-corrected chi connectivity index (χ2v) is 11.2. The van der Waals surface area contributed by atoms with Crippen molar-refractivity contribution in [1.82, 2.24) is 25.1 Å². The normalized spacial score (nSPS) is 14.3. The summed E-state index contributed by atoms with van der Waals surface area (Å²) < 4.78 is 13.7. The molecule has 0 aliphatic heterocycles. The van der Waals surface area contributed by atoms with Crippen molar-refractivity contribution in [2.24, 2.45) is 5.92 Å². The maximum atomic E-state index is 13.7. The Kier molecular flexibility index (Phi) is 5.97. The van der Waals surface area contributed by atoms with Crippen molar-refractivity contribution in [1.29, 1.82) is 0 Å². The van der Waals surface area contributed by atoms with E-state index in [-0.39, 0.29) is 5.13 Å². The quantitative estimate of drug-likeness (QED) is 0.200. The van der Waals surface area contributed by atoms with E-state index in [1.807, 2.05) is 18.5 Å². The SMILES string of the molecule is C=C(Nc1cncc(-c2ccc3[nH]nc(-c4cc5c(-c6ccc(F)s6)cncc5[nH]4)c3c2)c1)C1CCCCC1. The lowest BCUT2D eigenvalue weighted by atomic mass is 9.87. The molecule has 1 saturated carbocycles. The van der Waals surface area contributed by atoms with Gasteiger partial charge in [0.1, 0.15) is 5.69 Å². The lowest BCUT2D eigenvalue weighted by Crippen LogP contribution is -2.14. The van der Waals surface area contributed by atoms with Gasteiger partial charge in [-0.15, -0.1) is 11.3 Å². The average molecular weight is 535 g/mol. The van der Waals surface area contributed by atoms with Crippen molar-refractivity contribution < 1.29 is 4.39 Å². The van der Waals surface area contributed by atoms with Gasteiger partial charge in [0.15, 0.2) is 5.13 Å². The number of halogens is 1. The second kappa shape index (κ2) is 9.78. The molecule has 8 heteroatoms. The van der Waals surface area contributed by atoms with Crippen molar-refractivity contribution >= 4 is 38.8 Å². The van der Waals surface area contributed by atoms with Gasteiger partial charge in [-0.1, -0.05) is 31.9 Å². The molecule has 0 bridgehead atoms. The Morgan fingerprint density at radius 2 is 1.77 bits per heavy atom. The lowest BCUT2D eigenvalue weighted by Gasteiger charge is -2.24. The molecule has 0 spiro atoms. The minimum absolute atomic E-state index is 0.212. The lowest BCUT2D eigenvalue weighted by molar-refractivity contribution is 0.405. The summed E-state index contributed by atoms with van der Waals surface area (Å²) >= 11 is 1.12. The van der Waals surface area contributed by atoms with Crippen LogP contribution in [-0.2, 0) is 0 Å². The zero-order valence-corrected chi connectivity index (χ0v) is 22.1. The van der Waals surface area contributed by atoms with E-state index in [0.717, 1.165) is 77.5 Å². The van der Waals surface area contributed by atoms with Crippen molar-refractivity contribution in [2.45, 2.75) is 32.1 Å². The van der Waals surface area contributed by atoms with Crippen LogP contribution in [0.5, 0.6) is 0 Å². The van der Waals surface area contributed by atoms with E-state index in [1.165, 1.54) is 38.2 Å². The summed E-state index contributed by atoms with van der Waals surface area (Å²) in [7, 11) is 0. The number of pyridine rings is 2. The Morgan fingerprint density at radius 3 is 2.62 bits per heavy atom. The molecule has 0 atom stereocenters. The summed E-state index contributed by atoms with van der Waals surface area (Å²) in [6.07, 6.45) is 13.6. The largest absolute Gasteiger partial charge is 0.358 e. The fourth-order valence-corrected chi connectivity index (χ4v) is 6.39. The molecule has 39 heavy (non-hydrogen) atoms. The first kappa shape index (κ1) is 23.8. The van der Waals surface area contributed by atoms with Gasteiger partial charge >= 0.3 is 0 Å². The van der Waals surface area contributed by atoms with Gasteiger partial charge in [-0.2, -0.15) is 9.49 Å². The zero-order valence-electron chi connectivity index (χ0n) is 21.3. The number of nitrogens with one attached hydrogen (secondary N) is 3. The molecule has 1 aliphatic rings. The number of H-pyrrole nitrogens is 2. The first-order valence-corrected chi connectivity index (χ1v) is 14.1. The van der Waals surface area contributed by atoms with Crippen LogP contribution in [0.4, 0.5) is 10.1 Å². The van der Waals surface area contributed by atoms with Crippen LogP contribution in [-0.4, -0.2) is 25.1 Å². The molecule has 6 aromatic rings. The maximum Gasteiger partial charge on any atom is 0.176 e. The third-order valence-corrected chi connectivity index (χ3v) is 8.58. The Labute approximate surface area is 229 Å². The number of fused-ring (bicyclic) bond motifs is 2. The van der Waals surface area contributed by atoms with Crippen LogP contribution < -0.4 is 5.32 Å². The van der Waals surface area contributed by atoms with E-state index < -0.39 is 0 Å². The summed E-state index contributed by atoms with van der Waals surface area (Å²) in [6, 6.07) is 13.7. The predicted octanol–water partition coefficient (Wildman–Crippen LogP) is 8.54. The minimum Gasteiger partial charge on any atom is -0.358 e. The van der Waals surface area contributed by atoms with E-state index in [4.69, 9.17) is 0 Å². The van der Waals surface area contributed by atoms with Crippen LogP contribution in [0.15, 0.2) is 79.5 Å². The number of aromatic amines is 2. The molecule has 6 nitrogen and oxygen atoms in total. The molecule has 0 radical (unpaired) electrons. The number of benzene rings is 1. The standard InChI is InChI=1S/C31H27FN6S/c1-18(19-5-3-2-4-6-19)35-22-11-21(14-33-15-22)20-7-8-26-24(12-20)31(38-37-26)27-13-23-25(16-34-17-28(23)36-27)29-9-10-30(32)39-29/h7-17,19,35-36H,1-6H2,(H,37,38). The van der Waals surface area contributed by atoms with Gasteiger partial charge in [0.2, 0.25) is 0 Å². The van der Waals surface area contributed by atoms with Gasteiger partial charge in [-0.25, -0.2) is 0 Å². The van der Waals surface area contributed by atoms with Gasteiger partial charge in [0.05, 0.1) is 34.8 Å². The van der Waals surface area contributed by atoms with Gasteiger partial charge in [0, 0.05) is 44.9 Å². The number of anilines is 1. The predicted molar refractivity (Wildman–Crippen MR) is 157 cm³/mol. The van der Waals surface area contributed by atoms with Gasteiger partial charge in [-0.05, 0) is 60.7 Å².